The van der Waals surface area contributed by atoms with Crippen molar-refractivity contribution in [3.05, 3.63) is 66.4 Å². The molecule has 0 aliphatic carbocycles. The average molecular weight is 295 g/mol. The Labute approximate surface area is 126 Å². The molecule has 3 aromatic rings. The van der Waals surface area contributed by atoms with Gasteiger partial charge in [0.05, 0.1) is 5.69 Å². The van der Waals surface area contributed by atoms with Crippen molar-refractivity contribution < 1.29 is 0 Å². The molecule has 2 heterocycles. The van der Waals surface area contributed by atoms with Crippen LogP contribution in [0.25, 0.3) is 10.9 Å². The molecule has 4 heteroatoms. The van der Waals surface area contributed by atoms with Crippen molar-refractivity contribution in [2.24, 2.45) is 4.36 Å². The second-order valence-electron chi connectivity index (χ2n) is 5.30. The van der Waals surface area contributed by atoms with Crippen molar-refractivity contribution in [1.29, 1.82) is 0 Å². The number of aromatic nitrogens is 1. The number of benzene rings is 2. The van der Waals surface area contributed by atoms with Gasteiger partial charge in [0.1, 0.15) is 0 Å². The van der Waals surface area contributed by atoms with Crippen LogP contribution in [0.2, 0.25) is 0 Å². The summed E-state index contributed by atoms with van der Waals surface area (Å²) in [7, 11) is -0.0883. The summed E-state index contributed by atoms with van der Waals surface area (Å²) in [5.74, 6) is 1.66. The van der Waals surface area contributed by atoms with Gasteiger partial charge in [-0.15, -0.1) is 0 Å². The van der Waals surface area contributed by atoms with Crippen molar-refractivity contribution >= 4 is 27.5 Å². The molecule has 2 atom stereocenters. The van der Waals surface area contributed by atoms with Crippen LogP contribution < -0.4 is 4.72 Å². The minimum atomic E-state index is -0.0883. The van der Waals surface area contributed by atoms with E-state index in [4.69, 9.17) is 4.36 Å². The number of hydrogen-bond acceptors (Lipinski definition) is 1. The highest BCUT2D eigenvalue weighted by Crippen LogP contribution is 2.28. The summed E-state index contributed by atoms with van der Waals surface area (Å²) < 4.78 is 8.46. The summed E-state index contributed by atoms with van der Waals surface area (Å²) >= 11 is 0. The zero-order valence-electron chi connectivity index (χ0n) is 11.6. The Bertz CT molecular complexity index is 792. The maximum Gasteiger partial charge on any atom is 0.0970 e. The topological polar surface area (TPSA) is 40.2 Å². The van der Waals surface area contributed by atoms with Crippen LogP contribution >= 0.6 is 0 Å². The molecule has 21 heavy (non-hydrogen) atoms. The second-order valence-corrected chi connectivity index (χ2v) is 6.83. The number of hydrogen-bond donors (Lipinski definition) is 2. The first-order chi connectivity index (χ1) is 10.4. The normalized spacial score (nSPS) is 22.1. The molecule has 0 saturated carbocycles. The second kappa shape index (κ2) is 5.47. The third-order valence-electron chi connectivity index (χ3n) is 3.90. The Kier molecular flexibility index (Phi) is 3.33. The van der Waals surface area contributed by atoms with Gasteiger partial charge in [-0.3, -0.25) is 4.72 Å². The monoisotopic (exact) mass is 295 g/mol. The van der Waals surface area contributed by atoms with Gasteiger partial charge >= 0.3 is 0 Å². The molecule has 2 aromatic carbocycles. The van der Waals surface area contributed by atoms with Gasteiger partial charge in [-0.25, -0.2) is 4.36 Å². The Morgan fingerprint density at radius 2 is 1.81 bits per heavy atom. The minimum absolute atomic E-state index is 0.0883. The van der Waals surface area contributed by atoms with Crippen LogP contribution in [0.5, 0.6) is 0 Å². The summed E-state index contributed by atoms with van der Waals surface area (Å²) in [5, 5.41) is 1.20. The van der Waals surface area contributed by atoms with E-state index >= 15 is 0 Å². The first kappa shape index (κ1) is 12.8. The highest BCUT2D eigenvalue weighted by molar-refractivity contribution is 7.85. The summed E-state index contributed by atoms with van der Waals surface area (Å²) in [5.41, 5.74) is 3.63. The molecular weight excluding hydrogens is 278 g/mol. The quantitative estimate of drug-likeness (QED) is 0.739. The van der Waals surface area contributed by atoms with E-state index in [-0.39, 0.29) is 10.9 Å². The molecule has 3 nitrogen and oxygen atoms in total. The number of rotatable bonds is 2. The standard InChI is InChI=1S/C17H17N3S/c1-2-6-13(7-3-1)14-10-19-21(12-14)20-17-11-18-16-9-5-4-8-15(16)17/h1-9,11,14,18H,10,12H2,(H,19,20). The molecule has 1 aliphatic heterocycles. The van der Waals surface area contributed by atoms with Crippen LogP contribution in [-0.4, -0.2) is 17.3 Å². The van der Waals surface area contributed by atoms with Crippen LogP contribution in [0.1, 0.15) is 11.5 Å². The van der Waals surface area contributed by atoms with E-state index in [2.05, 4.69) is 58.2 Å². The molecule has 4 rings (SSSR count). The zero-order chi connectivity index (χ0) is 14.1. The molecule has 1 aliphatic rings. The molecule has 2 N–H and O–H groups in total. The zero-order valence-corrected chi connectivity index (χ0v) is 12.4. The van der Waals surface area contributed by atoms with Gasteiger partial charge in [0.25, 0.3) is 0 Å². The number of aromatic amines is 1. The van der Waals surface area contributed by atoms with E-state index in [1.54, 1.807) is 0 Å². The number of para-hydroxylation sites is 1. The van der Waals surface area contributed by atoms with Crippen molar-refractivity contribution in [2.75, 3.05) is 12.3 Å². The highest BCUT2D eigenvalue weighted by Gasteiger charge is 2.21. The number of nitrogens with zero attached hydrogens (tertiary/aromatic N) is 1. The van der Waals surface area contributed by atoms with Gasteiger partial charge in [-0.2, -0.15) is 0 Å². The lowest BCUT2D eigenvalue weighted by atomic mass is 10.0. The van der Waals surface area contributed by atoms with Crippen molar-refractivity contribution in [2.45, 2.75) is 5.92 Å². The molecule has 0 spiro atoms. The van der Waals surface area contributed by atoms with Crippen LogP contribution in [0.4, 0.5) is 5.69 Å². The van der Waals surface area contributed by atoms with Crippen molar-refractivity contribution in [1.82, 2.24) is 9.71 Å². The lowest BCUT2D eigenvalue weighted by Crippen LogP contribution is -2.08. The molecular formula is C17H17N3S. The number of fused-ring (bicyclic) bond motifs is 1. The smallest absolute Gasteiger partial charge is 0.0970 e. The lowest BCUT2D eigenvalue weighted by Gasteiger charge is -2.06. The first-order valence-electron chi connectivity index (χ1n) is 7.17. The maximum absolute atomic E-state index is 4.91. The van der Waals surface area contributed by atoms with E-state index in [1.807, 2.05) is 12.3 Å². The Hall–Kier alpha value is -1.91. The molecule has 0 bridgehead atoms. The maximum atomic E-state index is 4.91. The third kappa shape index (κ3) is 2.52. The Balaban J connectivity index is 1.60. The highest BCUT2D eigenvalue weighted by atomic mass is 32.2. The third-order valence-corrected chi connectivity index (χ3v) is 5.54. The van der Waals surface area contributed by atoms with E-state index in [1.165, 1.54) is 10.9 Å². The summed E-state index contributed by atoms with van der Waals surface area (Å²) in [4.78, 5) is 3.29. The number of H-pyrrole nitrogens is 1. The molecule has 0 amide bonds. The predicted octanol–water partition coefficient (Wildman–Crippen LogP) is 3.90. The van der Waals surface area contributed by atoms with Crippen LogP contribution in [0.15, 0.2) is 65.2 Å². The Morgan fingerprint density at radius 3 is 2.71 bits per heavy atom. The molecule has 106 valence electrons. The SMILES string of the molecule is c1ccc(C2CNS(=Nc3c[nH]c4ccccc34)C2)cc1. The summed E-state index contributed by atoms with van der Waals surface area (Å²) in [6.07, 6.45) is 2.01. The number of nitrogens with one attached hydrogen (secondary N) is 2. The fraction of sp³-hybridized carbons (Fsp3) is 0.176. The molecule has 1 saturated heterocycles. The van der Waals surface area contributed by atoms with Crippen LogP contribution in [0, 0.1) is 0 Å². The van der Waals surface area contributed by atoms with E-state index in [9.17, 15) is 0 Å². The molecule has 0 radical (unpaired) electrons. The largest absolute Gasteiger partial charge is 0.359 e. The van der Waals surface area contributed by atoms with E-state index < -0.39 is 0 Å². The van der Waals surface area contributed by atoms with Gasteiger partial charge in [0, 0.05) is 35.3 Å². The summed E-state index contributed by atoms with van der Waals surface area (Å²) in [6.45, 7) is 1.01. The first-order valence-corrected chi connectivity index (χ1v) is 8.52. The van der Waals surface area contributed by atoms with Gasteiger partial charge in [-0.05, 0) is 22.5 Å². The predicted molar refractivity (Wildman–Crippen MR) is 89.8 cm³/mol. The van der Waals surface area contributed by atoms with E-state index in [0.717, 1.165) is 23.5 Å². The lowest BCUT2D eigenvalue weighted by molar-refractivity contribution is 0.792. The van der Waals surface area contributed by atoms with Crippen LogP contribution in [0.3, 0.4) is 0 Å². The fourth-order valence-corrected chi connectivity index (χ4v) is 4.49. The van der Waals surface area contributed by atoms with Gasteiger partial charge in [-0.1, -0.05) is 48.5 Å². The minimum Gasteiger partial charge on any atom is -0.359 e. The van der Waals surface area contributed by atoms with E-state index in [0.29, 0.717) is 5.92 Å². The Morgan fingerprint density at radius 1 is 1.00 bits per heavy atom. The fourth-order valence-electron chi connectivity index (χ4n) is 2.76. The van der Waals surface area contributed by atoms with Crippen LogP contribution in [-0.2, 0) is 10.9 Å². The molecule has 1 aromatic heterocycles. The average Bonchev–Trinajstić information content (AvgIpc) is 3.17. The van der Waals surface area contributed by atoms with Gasteiger partial charge < -0.3 is 4.98 Å². The van der Waals surface area contributed by atoms with Gasteiger partial charge in [0.2, 0.25) is 0 Å². The summed E-state index contributed by atoms with van der Waals surface area (Å²) in [6, 6.07) is 19.0. The molecule has 1 fully saturated rings. The van der Waals surface area contributed by atoms with Crippen molar-refractivity contribution in [3.8, 4) is 0 Å². The van der Waals surface area contributed by atoms with Crippen molar-refractivity contribution in [3.63, 3.8) is 0 Å². The molecule has 2 unspecified atom stereocenters. The van der Waals surface area contributed by atoms with Gasteiger partial charge in [0.15, 0.2) is 0 Å².